The molecule has 0 amide bonds. The zero-order chi connectivity index (χ0) is 6.97. The lowest BCUT2D eigenvalue weighted by atomic mass is 10.3. The molecule has 0 aromatic carbocycles. The first-order valence-electron chi connectivity index (χ1n) is 3.14. The molecule has 52 valence electrons. The summed E-state index contributed by atoms with van der Waals surface area (Å²) in [7, 11) is 0. The average Bonchev–Trinajstić information content (AvgIpc) is 2.36. The number of ether oxygens (including phenoxy) is 1. The summed E-state index contributed by atoms with van der Waals surface area (Å²) in [4.78, 5) is 1.86. The topological polar surface area (TPSA) is 38.5 Å². The lowest BCUT2D eigenvalue weighted by Crippen LogP contribution is -2.35. The Balaban J connectivity index is 2.31. The number of allylic oxidation sites excluding steroid dienone is 2. The number of rotatable bonds is 0. The van der Waals surface area contributed by atoms with Gasteiger partial charge in [0, 0.05) is 6.20 Å². The van der Waals surface area contributed by atoms with Gasteiger partial charge in [0.05, 0.1) is 0 Å². The van der Waals surface area contributed by atoms with Crippen LogP contribution in [-0.2, 0) is 4.74 Å². The van der Waals surface area contributed by atoms with Crippen molar-refractivity contribution in [1.82, 2.24) is 4.90 Å². The molecule has 10 heavy (non-hydrogen) atoms. The molecule has 0 aromatic rings. The van der Waals surface area contributed by atoms with Crippen molar-refractivity contribution in [3.63, 3.8) is 0 Å². The summed E-state index contributed by atoms with van der Waals surface area (Å²) in [6.07, 6.45) is 9.05. The van der Waals surface area contributed by atoms with E-state index in [-0.39, 0.29) is 6.17 Å². The van der Waals surface area contributed by atoms with Crippen LogP contribution in [0.4, 0.5) is 0 Å². The zero-order valence-corrected chi connectivity index (χ0v) is 5.40. The van der Waals surface area contributed by atoms with E-state index in [4.69, 9.17) is 10.5 Å². The van der Waals surface area contributed by atoms with Crippen molar-refractivity contribution in [3.8, 4) is 0 Å². The fraction of sp³-hybridized carbons (Fsp3) is 0.143. The maximum Gasteiger partial charge on any atom is 0.200 e. The third-order valence-corrected chi connectivity index (χ3v) is 1.53. The van der Waals surface area contributed by atoms with Gasteiger partial charge in [0.15, 0.2) is 0 Å². The van der Waals surface area contributed by atoms with E-state index >= 15 is 0 Å². The summed E-state index contributed by atoms with van der Waals surface area (Å²) in [5.74, 6) is 0.801. The van der Waals surface area contributed by atoms with Crippen molar-refractivity contribution in [1.29, 1.82) is 0 Å². The SMILES string of the molecule is N[C@H]1C=CC=C2OC=CN21. The molecule has 3 nitrogen and oxygen atoms in total. The molecule has 0 bridgehead atoms. The molecule has 0 saturated carbocycles. The highest BCUT2D eigenvalue weighted by Gasteiger charge is 2.19. The van der Waals surface area contributed by atoms with E-state index in [2.05, 4.69) is 0 Å². The molecule has 3 heteroatoms. The van der Waals surface area contributed by atoms with Crippen molar-refractivity contribution in [2.45, 2.75) is 6.17 Å². The monoisotopic (exact) mass is 136 g/mol. The standard InChI is InChI=1S/C7H8N2O/c8-6-2-1-3-7-9(6)4-5-10-7/h1-6H,8H2/t6-/m1/s1. The second-order valence-corrected chi connectivity index (χ2v) is 2.19. The third-order valence-electron chi connectivity index (χ3n) is 1.53. The van der Waals surface area contributed by atoms with Gasteiger partial charge >= 0.3 is 0 Å². The van der Waals surface area contributed by atoms with E-state index in [1.54, 1.807) is 6.26 Å². The van der Waals surface area contributed by atoms with Gasteiger partial charge in [0.25, 0.3) is 0 Å². The van der Waals surface area contributed by atoms with E-state index in [1.807, 2.05) is 29.3 Å². The van der Waals surface area contributed by atoms with E-state index < -0.39 is 0 Å². The van der Waals surface area contributed by atoms with E-state index in [0.29, 0.717) is 0 Å². The van der Waals surface area contributed by atoms with E-state index in [0.717, 1.165) is 5.88 Å². The predicted molar refractivity (Wildman–Crippen MR) is 37.3 cm³/mol. The van der Waals surface area contributed by atoms with Crippen molar-refractivity contribution in [2.24, 2.45) is 5.73 Å². The van der Waals surface area contributed by atoms with Crippen molar-refractivity contribution >= 4 is 0 Å². The Bertz CT molecular complexity index is 230. The third kappa shape index (κ3) is 0.642. The molecule has 1 atom stereocenters. The van der Waals surface area contributed by atoms with Crippen molar-refractivity contribution in [2.75, 3.05) is 0 Å². The van der Waals surface area contributed by atoms with Gasteiger partial charge < -0.3 is 10.5 Å². The Hall–Kier alpha value is -1.22. The number of hydrogen-bond donors (Lipinski definition) is 1. The number of nitrogens with zero attached hydrogens (tertiary/aromatic N) is 1. The molecule has 0 fully saturated rings. The summed E-state index contributed by atoms with van der Waals surface area (Å²) in [5, 5.41) is 0. The van der Waals surface area contributed by atoms with Crippen molar-refractivity contribution in [3.05, 3.63) is 36.6 Å². The van der Waals surface area contributed by atoms with Gasteiger partial charge in [-0.05, 0) is 12.2 Å². The van der Waals surface area contributed by atoms with Crippen LogP contribution in [0.5, 0.6) is 0 Å². The Kier molecular flexibility index (Phi) is 1.05. The Morgan fingerprint density at radius 2 is 2.50 bits per heavy atom. The van der Waals surface area contributed by atoms with Crippen molar-refractivity contribution < 1.29 is 4.74 Å². The van der Waals surface area contributed by atoms with Gasteiger partial charge in [-0.25, -0.2) is 0 Å². The van der Waals surface area contributed by atoms with Crippen LogP contribution >= 0.6 is 0 Å². The van der Waals surface area contributed by atoms with Crippen LogP contribution in [-0.4, -0.2) is 11.1 Å². The lowest BCUT2D eigenvalue weighted by molar-refractivity contribution is 0.248. The van der Waals surface area contributed by atoms with Crippen LogP contribution in [0.15, 0.2) is 36.6 Å². The van der Waals surface area contributed by atoms with Crippen LogP contribution in [0.25, 0.3) is 0 Å². The van der Waals surface area contributed by atoms with Crippen LogP contribution in [0.2, 0.25) is 0 Å². The Morgan fingerprint density at radius 1 is 1.60 bits per heavy atom. The second kappa shape index (κ2) is 1.88. The van der Waals surface area contributed by atoms with Gasteiger partial charge in [-0.3, -0.25) is 4.90 Å². The molecule has 2 rings (SSSR count). The molecule has 2 aliphatic rings. The maximum atomic E-state index is 5.69. The molecule has 2 N–H and O–H groups in total. The largest absolute Gasteiger partial charge is 0.447 e. The summed E-state index contributed by atoms with van der Waals surface area (Å²) < 4.78 is 5.10. The lowest BCUT2D eigenvalue weighted by Gasteiger charge is -2.23. The molecule has 0 aromatic heterocycles. The maximum absolute atomic E-state index is 5.69. The predicted octanol–water partition coefficient (Wildman–Crippen LogP) is 0.486. The van der Waals surface area contributed by atoms with Gasteiger partial charge in [-0.2, -0.15) is 0 Å². The van der Waals surface area contributed by atoms with Gasteiger partial charge in [0.1, 0.15) is 12.4 Å². The van der Waals surface area contributed by atoms with Gasteiger partial charge in [-0.1, -0.05) is 6.08 Å². The summed E-state index contributed by atoms with van der Waals surface area (Å²) in [5.41, 5.74) is 5.69. The minimum absolute atomic E-state index is 0.0706. The molecule has 0 unspecified atom stereocenters. The van der Waals surface area contributed by atoms with Crippen LogP contribution in [0.3, 0.4) is 0 Å². The zero-order valence-electron chi connectivity index (χ0n) is 5.40. The molecule has 2 aliphatic heterocycles. The molecular formula is C7H8N2O. The highest BCUT2D eigenvalue weighted by molar-refractivity contribution is 5.21. The van der Waals surface area contributed by atoms with Gasteiger partial charge in [-0.15, -0.1) is 0 Å². The average molecular weight is 136 g/mol. The molecular weight excluding hydrogens is 128 g/mol. The first-order chi connectivity index (χ1) is 4.88. The van der Waals surface area contributed by atoms with E-state index in [9.17, 15) is 0 Å². The van der Waals surface area contributed by atoms with Gasteiger partial charge in [0.2, 0.25) is 5.88 Å². The molecule has 0 spiro atoms. The normalized spacial score (nSPS) is 27.9. The fourth-order valence-corrected chi connectivity index (χ4v) is 1.02. The molecule has 0 aliphatic carbocycles. The minimum atomic E-state index is -0.0706. The molecule has 0 radical (unpaired) electrons. The first kappa shape index (κ1) is 5.56. The van der Waals surface area contributed by atoms with Crippen LogP contribution < -0.4 is 5.73 Å². The second-order valence-electron chi connectivity index (χ2n) is 2.19. The highest BCUT2D eigenvalue weighted by Crippen LogP contribution is 2.19. The highest BCUT2D eigenvalue weighted by atomic mass is 16.5. The summed E-state index contributed by atoms with van der Waals surface area (Å²) >= 11 is 0. The molecule has 0 saturated heterocycles. The first-order valence-corrected chi connectivity index (χ1v) is 3.14. The van der Waals surface area contributed by atoms with Crippen LogP contribution in [0.1, 0.15) is 0 Å². The number of hydrogen-bond acceptors (Lipinski definition) is 3. The Morgan fingerprint density at radius 3 is 3.30 bits per heavy atom. The van der Waals surface area contributed by atoms with E-state index in [1.165, 1.54) is 0 Å². The Labute approximate surface area is 59.1 Å². The number of nitrogens with two attached hydrogens (primary N) is 1. The number of fused-ring (bicyclic) bond motifs is 1. The fourth-order valence-electron chi connectivity index (χ4n) is 1.02. The quantitative estimate of drug-likeness (QED) is 0.526. The summed E-state index contributed by atoms with van der Waals surface area (Å²) in [6.45, 7) is 0. The van der Waals surface area contributed by atoms with Crippen LogP contribution in [0, 0.1) is 0 Å². The smallest absolute Gasteiger partial charge is 0.200 e. The molecule has 2 heterocycles. The minimum Gasteiger partial charge on any atom is -0.447 e. The summed E-state index contributed by atoms with van der Waals surface area (Å²) in [6, 6.07) is 0.